The number of ether oxygens (including phenoxy) is 1. The molecular formula is C11H14O4. The standard InChI is InChI=1S/C11H14O4/c1-2-15-9-5-3-8(4-6-9)10(7-12)11(13)14/h3-6,10,12H,2,7H2,1H3,(H,13,14). The predicted octanol–water partition coefficient (Wildman–Crippen LogP) is 1.25. The zero-order valence-corrected chi connectivity index (χ0v) is 8.51. The number of hydrogen-bond acceptors (Lipinski definition) is 3. The highest BCUT2D eigenvalue weighted by Crippen LogP contribution is 2.19. The van der Waals surface area contributed by atoms with Gasteiger partial charge in [-0.2, -0.15) is 0 Å². The average Bonchev–Trinajstić information content (AvgIpc) is 2.21. The van der Waals surface area contributed by atoms with E-state index in [0.29, 0.717) is 17.9 Å². The number of carboxylic acids is 1. The summed E-state index contributed by atoms with van der Waals surface area (Å²) in [6, 6.07) is 6.70. The molecule has 1 unspecified atom stereocenters. The molecule has 0 saturated heterocycles. The Hall–Kier alpha value is -1.55. The third-order valence-electron chi connectivity index (χ3n) is 2.07. The molecule has 0 aromatic heterocycles. The zero-order chi connectivity index (χ0) is 11.3. The van der Waals surface area contributed by atoms with Gasteiger partial charge in [0, 0.05) is 0 Å². The van der Waals surface area contributed by atoms with Crippen molar-refractivity contribution in [2.45, 2.75) is 12.8 Å². The van der Waals surface area contributed by atoms with Crippen molar-refractivity contribution in [2.75, 3.05) is 13.2 Å². The van der Waals surface area contributed by atoms with Crippen molar-refractivity contribution in [1.82, 2.24) is 0 Å². The minimum atomic E-state index is -1.03. The summed E-state index contributed by atoms with van der Waals surface area (Å²) in [7, 11) is 0. The maximum atomic E-state index is 10.8. The maximum absolute atomic E-state index is 10.8. The summed E-state index contributed by atoms with van der Waals surface area (Å²) in [4.78, 5) is 10.8. The second kappa shape index (κ2) is 5.36. The number of aliphatic hydroxyl groups is 1. The summed E-state index contributed by atoms with van der Waals surface area (Å²) in [5.41, 5.74) is 0.577. The molecule has 0 aliphatic rings. The van der Waals surface area contributed by atoms with Crippen LogP contribution in [0.2, 0.25) is 0 Å². The third-order valence-corrected chi connectivity index (χ3v) is 2.07. The zero-order valence-electron chi connectivity index (χ0n) is 8.51. The molecular weight excluding hydrogens is 196 g/mol. The van der Waals surface area contributed by atoms with Crippen LogP contribution in [0.4, 0.5) is 0 Å². The maximum Gasteiger partial charge on any atom is 0.313 e. The van der Waals surface area contributed by atoms with E-state index in [1.54, 1.807) is 24.3 Å². The molecule has 1 rings (SSSR count). The van der Waals surface area contributed by atoms with E-state index in [9.17, 15) is 4.79 Å². The number of aliphatic carboxylic acids is 1. The molecule has 0 heterocycles. The van der Waals surface area contributed by atoms with Gasteiger partial charge in [0.05, 0.1) is 13.2 Å². The summed E-state index contributed by atoms with van der Waals surface area (Å²) < 4.78 is 5.22. The molecule has 1 aromatic rings. The van der Waals surface area contributed by atoms with Crippen molar-refractivity contribution in [3.8, 4) is 5.75 Å². The van der Waals surface area contributed by atoms with E-state index < -0.39 is 18.5 Å². The number of hydrogen-bond donors (Lipinski definition) is 2. The fraction of sp³-hybridized carbons (Fsp3) is 0.364. The molecule has 0 aliphatic heterocycles. The lowest BCUT2D eigenvalue weighted by molar-refractivity contribution is -0.139. The first-order valence-electron chi connectivity index (χ1n) is 4.75. The van der Waals surface area contributed by atoms with Crippen LogP contribution in [0.25, 0.3) is 0 Å². The molecule has 15 heavy (non-hydrogen) atoms. The first-order valence-corrected chi connectivity index (χ1v) is 4.75. The van der Waals surface area contributed by atoms with Gasteiger partial charge in [-0.25, -0.2) is 0 Å². The summed E-state index contributed by atoms with van der Waals surface area (Å²) in [5.74, 6) is -1.19. The van der Waals surface area contributed by atoms with E-state index in [-0.39, 0.29) is 0 Å². The fourth-order valence-electron chi connectivity index (χ4n) is 1.29. The normalized spacial score (nSPS) is 12.1. The molecule has 82 valence electrons. The van der Waals surface area contributed by atoms with Gasteiger partial charge in [-0.15, -0.1) is 0 Å². The van der Waals surface area contributed by atoms with E-state index >= 15 is 0 Å². The van der Waals surface area contributed by atoms with Gasteiger partial charge in [0.1, 0.15) is 11.7 Å². The van der Waals surface area contributed by atoms with Gasteiger partial charge in [-0.3, -0.25) is 4.79 Å². The molecule has 4 nitrogen and oxygen atoms in total. The Kier molecular flexibility index (Phi) is 4.12. The smallest absolute Gasteiger partial charge is 0.313 e. The van der Waals surface area contributed by atoms with Crippen LogP contribution in [0.5, 0.6) is 5.75 Å². The number of benzene rings is 1. The Balaban J connectivity index is 2.82. The molecule has 2 N–H and O–H groups in total. The van der Waals surface area contributed by atoms with E-state index in [1.807, 2.05) is 6.92 Å². The van der Waals surface area contributed by atoms with Crippen LogP contribution in [-0.2, 0) is 4.79 Å². The van der Waals surface area contributed by atoms with Gasteiger partial charge in [0.2, 0.25) is 0 Å². The van der Waals surface area contributed by atoms with Crippen LogP contribution in [-0.4, -0.2) is 29.4 Å². The summed E-state index contributed by atoms with van der Waals surface area (Å²) in [6.45, 7) is 2.05. The molecule has 0 radical (unpaired) electrons. The molecule has 4 heteroatoms. The largest absolute Gasteiger partial charge is 0.494 e. The molecule has 0 saturated carbocycles. The van der Waals surface area contributed by atoms with Crippen molar-refractivity contribution in [1.29, 1.82) is 0 Å². The van der Waals surface area contributed by atoms with Crippen molar-refractivity contribution in [2.24, 2.45) is 0 Å². The molecule has 0 amide bonds. The van der Waals surface area contributed by atoms with Crippen LogP contribution < -0.4 is 4.74 Å². The summed E-state index contributed by atoms with van der Waals surface area (Å²) >= 11 is 0. The summed E-state index contributed by atoms with van der Waals surface area (Å²) in [6.07, 6.45) is 0. The van der Waals surface area contributed by atoms with Crippen LogP contribution in [0.1, 0.15) is 18.4 Å². The van der Waals surface area contributed by atoms with Gasteiger partial charge >= 0.3 is 5.97 Å². The highest BCUT2D eigenvalue weighted by atomic mass is 16.5. The number of rotatable bonds is 5. The first kappa shape index (κ1) is 11.5. The average molecular weight is 210 g/mol. The Morgan fingerprint density at radius 3 is 2.40 bits per heavy atom. The topological polar surface area (TPSA) is 66.8 Å². The molecule has 0 fully saturated rings. The minimum Gasteiger partial charge on any atom is -0.494 e. The molecule has 1 atom stereocenters. The minimum absolute atomic E-state index is 0.399. The second-order valence-electron chi connectivity index (χ2n) is 3.08. The molecule has 0 aliphatic carbocycles. The lowest BCUT2D eigenvalue weighted by Crippen LogP contribution is -2.15. The van der Waals surface area contributed by atoms with E-state index in [1.165, 1.54) is 0 Å². The second-order valence-corrected chi connectivity index (χ2v) is 3.08. The Morgan fingerprint density at radius 2 is 2.00 bits per heavy atom. The predicted molar refractivity (Wildman–Crippen MR) is 55.1 cm³/mol. The number of carboxylic acid groups (broad SMARTS) is 1. The summed E-state index contributed by atoms with van der Waals surface area (Å²) in [5, 5.41) is 17.7. The molecule has 1 aromatic carbocycles. The third kappa shape index (κ3) is 2.95. The molecule has 0 bridgehead atoms. The van der Waals surface area contributed by atoms with Crippen LogP contribution in [0.3, 0.4) is 0 Å². The van der Waals surface area contributed by atoms with E-state index in [0.717, 1.165) is 0 Å². The van der Waals surface area contributed by atoms with Crippen LogP contribution in [0, 0.1) is 0 Å². The first-order chi connectivity index (χ1) is 7.19. The lowest BCUT2D eigenvalue weighted by Gasteiger charge is -2.10. The van der Waals surface area contributed by atoms with Crippen molar-refractivity contribution >= 4 is 5.97 Å². The lowest BCUT2D eigenvalue weighted by atomic mass is 10.0. The van der Waals surface area contributed by atoms with Gasteiger partial charge in [-0.05, 0) is 24.6 Å². The van der Waals surface area contributed by atoms with E-state index in [4.69, 9.17) is 14.9 Å². The quantitative estimate of drug-likeness (QED) is 0.767. The fourth-order valence-corrected chi connectivity index (χ4v) is 1.29. The van der Waals surface area contributed by atoms with Crippen molar-refractivity contribution in [3.05, 3.63) is 29.8 Å². The highest BCUT2D eigenvalue weighted by molar-refractivity contribution is 5.76. The Labute approximate surface area is 88.1 Å². The van der Waals surface area contributed by atoms with Crippen molar-refractivity contribution < 1.29 is 19.7 Å². The van der Waals surface area contributed by atoms with Crippen LogP contribution >= 0.6 is 0 Å². The van der Waals surface area contributed by atoms with E-state index in [2.05, 4.69) is 0 Å². The van der Waals surface area contributed by atoms with Crippen molar-refractivity contribution in [3.63, 3.8) is 0 Å². The Morgan fingerprint density at radius 1 is 1.40 bits per heavy atom. The van der Waals surface area contributed by atoms with Gasteiger partial charge < -0.3 is 14.9 Å². The Bertz CT molecular complexity index is 318. The number of carbonyl (C=O) groups is 1. The highest BCUT2D eigenvalue weighted by Gasteiger charge is 2.18. The van der Waals surface area contributed by atoms with Gasteiger partial charge in [0.15, 0.2) is 0 Å². The van der Waals surface area contributed by atoms with Gasteiger partial charge in [-0.1, -0.05) is 12.1 Å². The van der Waals surface area contributed by atoms with Gasteiger partial charge in [0.25, 0.3) is 0 Å². The SMILES string of the molecule is CCOc1ccc(C(CO)C(=O)O)cc1. The monoisotopic (exact) mass is 210 g/mol. The number of aliphatic hydroxyl groups excluding tert-OH is 1. The van der Waals surface area contributed by atoms with Crippen LogP contribution in [0.15, 0.2) is 24.3 Å². The molecule has 0 spiro atoms.